The minimum Gasteiger partial charge on any atom is -0.492 e. The number of benzene rings is 1. The first-order chi connectivity index (χ1) is 10.7. The van der Waals surface area contributed by atoms with E-state index < -0.39 is 0 Å². The van der Waals surface area contributed by atoms with Crippen molar-refractivity contribution in [1.29, 1.82) is 0 Å². The largest absolute Gasteiger partial charge is 0.492 e. The van der Waals surface area contributed by atoms with Crippen molar-refractivity contribution in [3.63, 3.8) is 0 Å². The topological polar surface area (TPSA) is 86.2 Å². The van der Waals surface area contributed by atoms with Gasteiger partial charge in [-0.05, 0) is 32.0 Å². The molecule has 3 N–H and O–H groups in total. The van der Waals surface area contributed by atoms with Crippen LogP contribution in [-0.4, -0.2) is 29.8 Å². The lowest BCUT2D eigenvalue weighted by atomic mass is 9.98. The van der Waals surface area contributed by atoms with E-state index in [1.165, 1.54) is 0 Å². The Balaban J connectivity index is 1.72. The van der Waals surface area contributed by atoms with E-state index in [4.69, 9.17) is 26.6 Å². The molecule has 0 bridgehead atoms. The molecule has 0 spiro atoms. The van der Waals surface area contributed by atoms with Gasteiger partial charge in [0.05, 0.1) is 22.9 Å². The predicted molar refractivity (Wildman–Crippen MR) is 83.2 cm³/mol. The summed E-state index contributed by atoms with van der Waals surface area (Å²) >= 11 is 6.23. The molecule has 2 aliphatic rings. The van der Waals surface area contributed by atoms with Crippen molar-refractivity contribution in [2.75, 3.05) is 25.4 Å². The summed E-state index contributed by atoms with van der Waals surface area (Å²) < 4.78 is 11.2. The summed E-state index contributed by atoms with van der Waals surface area (Å²) in [6, 6.07) is 1.76. The Labute approximate surface area is 133 Å². The van der Waals surface area contributed by atoms with Gasteiger partial charge >= 0.3 is 0 Å². The fourth-order valence-electron chi connectivity index (χ4n) is 3.11. The molecule has 2 aromatic rings. The number of nitrogens with zero attached hydrogens (tertiary/aromatic N) is 2. The third-order valence-electron chi connectivity index (χ3n) is 4.34. The van der Waals surface area contributed by atoms with Crippen LogP contribution in [0.15, 0.2) is 10.6 Å². The van der Waals surface area contributed by atoms with Gasteiger partial charge in [0.25, 0.3) is 0 Å². The van der Waals surface area contributed by atoms with Crippen molar-refractivity contribution in [3.05, 3.63) is 22.5 Å². The number of nitrogens with one attached hydrogen (secondary N) is 1. The molecule has 1 fully saturated rings. The van der Waals surface area contributed by atoms with Crippen LogP contribution in [0.25, 0.3) is 11.4 Å². The number of anilines is 1. The number of ether oxygens (including phenoxy) is 1. The van der Waals surface area contributed by atoms with E-state index in [0.29, 0.717) is 34.9 Å². The molecule has 0 unspecified atom stereocenters. The zero-order valence-corrected chi connectivity index (χ0v) is 12.8. The fourth-order valence-corrected chi connectivity index (χ4v) is 3.34. The van der Waals surface area contributed by atoms with Gasteiger partial charge in [0, 0.05) is 17.9 Å². The van der Waals surface area contributed by atoms with E-state index in [1.54, 1.807) is 6.07 Å². The van der Waals surface area contributed by atoms with Crippen LogP contribution in [0.1, 0.15) is 30.2 Å². The van der Waals surface area contributed by atoms with E-state index in [-0.39, 0.29) is 0 Å². The molecule has 2 aliphatic heterocycles. The third-order valence-corrected chi connectivity index (χ3v) is 4.65. The molecule has 3 heterocycles. The van der Waals surface area contributed by atoms with Gasteiger partial charge in [0.15, 0.2) is 0 Å². The van der Waals surface area contributed by atoms with Gasteiger partial charge in [-0.2, -0.15) is 4.98 Å². The zero-order valence-electron chi connectivity index (χ0n) is 12.1. The minimum absolute atomic E-state index is 0.320. The molecule has 0 radical (unpaired) electrons. The van der Waals surface area contributed by atoms with Crippen molar-refractivity contribution in [3.8, 4) is 17.1 Å². The smallest absolute Gasteiger partial charge is 0.230 e. The molecule has 1 aromatic heterocycles. The van der Waals surface area contributed by atoms with Crippen LogP contribution in [0.5, 0.6) is 5.75 Å². The highest BCUT2D eigenvalue weighted by Gasteiger charge is 2.27. The number of nitrogen functional groups attached to an aromatic ring is 1. The number of aromatic nitrogens is 2. The van der Waals surface area contributed by atoms with Gasteiger partial charge in [-0.25, -0.2) is 0 Å². The van der Waals surface area contributed by atoms with E-state index in [9.17, 15) is 0 Å². The van der Waals surface area contributed by atoms with Crippen LogP contribution in [-0.2, 0) is 6.42 Å². The highest BCUT2D eigenvalue weighted by Crippen LogP contribution is 2.43. The minimum atomic E-state index is 0.320. The van der Waals surface area contributed by atoms with Gasteiger partial charge in [-0.1, -0.05) is 16.8 Å². The number of piperidine rings is 1. The lowest BCUT2D eigenvalue weighted by molar-refractivity contribution is 0.320. The molecule has 0 amide bonds. The molecule has 0 aliphatic carbocycles. The van der Waals surface area contributed by atoms with Crippen molar-refractivity contribution >= 4 is 17.3 Å². The van der Waals surface area contributed by atoms with Crippen LogP contribution >= 0.6 is 11.6 Å². The average molecular weight is 321 g/mol. The summed E-state index contributed by atoms with van der Waals surface area (Å²) in [6.45, 7) is 2.56. The van der Waals surface area contributed by atoms with Crippen molar-refractivity contribution in [2.24, 2.45) is 0 Å². The Morgan fingerprint density at radius 3 is 2.95 bits per heavy atom. The first kappa shape index (κ1) is 13.8. The van der Waals surface area contributed by atoms with E-state index >= 15 is 0 Å². The van der Waals surface area contributed by atoms with Crippen LogP contribution in [0.4, 0.5) is 5.69 Å². The number of hydrogen-bond donors (Lipinski definition) is 2. The van der Waals surface area contributed by atoms with E-state index in [0.717, 1.165) is 49.2 Å². The lowest BCUT2D eigenvalue weighted by Gasteiger charge is -2.18. The van der Waals surface area contributed by atoms with Crippen LogP contribution < -0.4 is 15.8 Å². The lowest BCUT2D eigenvalue weighted by Crippen LogP contribution is -2.26. The maximum Gasteiger partial charge on any atom is 0.230 e. The van der Waals surface area contributed by atoms with Crippen LogP contribution in [0.3, 0.4) is 0 Å². The first-order valence-electron chi connectivity index (χ1n) is 7.52. The summed E-state index contributed by atoms with van der Waals surface area (Å²) in [5.74, 6) is 2.27. The van der Waals surface area contributed by atoms with E-state index in [1.807, 2.05) is 0 Å². The average Bonchev–Trinajstić information content (AvgIpc) is 3.21. The Morgan fingerprint density at radius 1 is 1.32 bits per heavy atom. The molecular weight excluding hydrogens is 304 g/mol. The molecular formula is C15H17ClN4O2. The molecule has 22 heavy (non-hydrogen) atoms. The Bertz CT molecular complexity index is 710. The molecule has 1 saturated heterocycles. The summed E-state index contributed by atoms with van der Waals surface area (Å²) in [7, 11) is 0. The molecule has 0 saturated carbocycles. The van der Waals surface area contributed by atoms with Gasteiger partial charge < -0.3 is 20.3 Å². The number of hydrogen-bond acceptors (Lipinski definition) is 6. The second kappa shape index (κ2) is 5.44. The standard InChI is InChI=1S/C15H17ClN4O2/c16-11-7-10(13-9(12(11)17)3-6-21-13)14-19-15(22-20-14)8-1-4-18-5-2-8/h7-8,18H,1-6,17H2. The zero-order chi connectivity index (χ0) is 15.1. The molecule has 1 aromatic carbocycles. The van der Waals surface area contributed by atoms with E-state index in [2.05, 4.69) is 15.5 Å². The van der Waals surface area contributed by atoms with Crippen molar-refractivity contribution in [1.82, 2.24) is 15.5 Å². The van der Waals surface area contributed by atoms with Gasteiger partial charge in [0.1, 0.15) is 5.75 Å². The van der Waals surface area contributed by atoms with Crippen molar-refractivity contribution < 1.29 is 9.26 Å². The Hall–Kier alpha value is -1.79. The molecule has 0 atom stereocenters. The van der Waals surface area contributed by atoms with Gasteiger partial charge in [0.2, 0.25) is 11.7 Å². The molecule has 7 heteroatoms. The highest BCUT2D eigenvalue weighted by molar-refractivity contribution is 6.33. The second-order valence-corrected chi connectivity index (χ2v) is 6.11. The second-order valence-electron chi connectivity index (χ2n) is 5.71. The number of nitrogens with two attached hydrogens (primary N) is 1. The van der Waals surface area contributed by atoms with Gasteiger partial charge in [-0.3, -0.25) is 0 Å². The van der Waals surface area contributed by atoms with Crippen molar-refractivity contribution in [2.45, 2.75) is 25.2 Å². The predicted octanol–water partition coefficient (Wildman–Crippen LogP) is 2.37. The normalized spacial score (nSPS) is 18.2. The molecule has 4 rings (SSSR count). The fraction of sp³-hybridized carbons (Fsp3) is 0.467. The summed E-state index contributed by atoms with van der Waals surface area (Å²) in [4.78, 5) is 4.57. The highest BCUT2D eigenvalue weighted by atomic mass is 35.5. The number of halogens is 1. The summed E-state index contributed by atoms with van der Waals surface area (Å²) in [5.41, 5.74) is 8.30. The summed E-state index contributed by atoms with van der Waals surface area (Å²) in [6.07, 6.45) is 2.78. The summed E-state index contributed by atoms with van der Waals surface area (Å²) in [5, 5.41) is 7.96. The Kier molecular flexibility index (Phi) is 3.43. The number of rotatable bonds is 2. The monoisotopic (exact) mass is 320 g/mol. The molecule has 116 valence electrons. The first-order valence-corrected chi connectivity index (χ1v) is 7.90. The van der Waals surface area contributed by atoms with Gasteiger partial charge in [-0.15, -0.1) is 0 Å². The SMILES string of the molecule is Nc1c(Cl)cc(-c2noc(C3CCNCC3)n2)c2c1CCO2. The Morgan fingerprint density at radius 2 is 2.14 bits per heavy atom. The quantitative estimate of drug-likeness (QED) is 0.826. The van der Waals surface area contributed by atoms with Crippen LogP contribution in [0, 0.1) is 0 Å². The third kappa shape index (κ3) is 2.23. The molecule has 6 nitrogen and oxygen atoms in total. The maximum absolute atomic E-state index is 6.23. The number of fused-ring (bicyclic) bond motifs is 1. The van der Waals surface area contributed by atoms with Crippen LogP contribution in [0.2, 0.25) is 5.02 Å². The maximum atomic E-state index is 6.23.